The van der Waals surface area contributed by atoms with Gasteiger partial charge in [-0.25, -0.2) is 4.79 Å². The van der Waals surface area contributed by atoms with Gasteiger partial charge in [0.15, 0.2) is 5.78 Å². The van der Waals surface area contributed by atoms with E-state index in [4.69, 9.17) is 4.74 Å². The first kappa shape index (κ1) is 28.4. The summed E-state index contributed by atoms with van der Waals surface area (Å²) in [5.41, 5.74) is 2.02. The van der Waals surface area contributed by atoms with Gasteiger partial charge in [0.25, 0.3) is 0 Å². The van der Waals surface area contributed by atoms with Gasteiger partial charge >= 0.3 is 6.09 Å². The van der Waals surface area contributed by atoms with Crippen LogP contribution in [0.2, 0.25) is 0 Å². The molecule has 0 bridgehead atoms. The molecule has 0 saturated carbocycles. The second-order valence-electron chi connectivity index (χ2n) is 9.52. The summed E-state index contributed by atoms with van der Waals surface area (Å²) in [7, 11) is 0. The molecule has 2 rings (SSSR count). The van der Waals surface area contributed by atoms with E-state index in [9.17, 15) is 14.4 Å². The summed E-state index contributed by atoms with van der Waals surface area (Å²) in [6, 6.07) is 18.0. The Bertz CT molecular complexity index is 919. The standard InChI is InChI=1S/C28H38N2O4S/c1-20(2)15-24(26(31)19-35-18-23-13-9-6-10-14-23)29-27(32)25(16-21(3)4)30-28(33)34-17-22-11-7-5-8-12-22/h5-14,20-21,24-25H,15-19H2,1-4H3,(H,29,32)(H,30,33)/t24-,25-/m0/s1. The zero-order chi connectivity index (χ0) is 25.6. The Kier molecular flexibility index (Phi) is 12.4. The molecule has 2 aromatic rings. The van der Waals surface area contributed by atoms with E-state index in [2.05, 4.69) is 10.6 Å². The molecule has 0 heterocycles. The summed E-state index contributed by atoms with van der Waals surface area (Å²) in [4.78, 5) is 38.5. The minimum Gasteiger partial charge on any atom is -0.445 e. The van der Waals surface area contributed by atoms with E-state index in [1.54, 1.807) is 11.8 Å². The van der Waals surface area contributed by atoms with E-state index in [0.717, 1.165) is 16.9 Å². The van der Waals surface area contributed by atoms with Gasteiger partial charge in [0, 0.05) is 5.75 Å². The Morgan fingerprint density at radius 2 is 1.31 bits per heavy atom. The summed E-state index contributed by atoms with van der Waals surface area (Å²) in [5, 5.41) is 5.60. The Hall–Kier alpha value is -2.80. The lowest BCUT2D eigenvalue weighted by Gasteiger charge is -2.24. The number of alkyl carbamates (subject to hydrolysis) is 1. The molecule has 0 aromatic heterocycles. The number of ether oxygens (including phenoxy) is 1. The average molecular weight is 499 g/mol. The molecule has 0 radical (unpaired) electrons. The van der Waals surface area contributed by atoms with Crippen molar-refractivity contribution >= 4 is 29.5 Å². The maximum atomic E-state index is 13.1. The molecule has 0 aliphatic heterocycles. The molecule has 0 unspecified atom stereocenters. The van der Waals surface area contributed by atoms with Gasteiger partial charge in [-0.05, 0) is 35.8 Å². The van der Waals surface area contributed by atoms with E-state index in [1.165, 1.54) is 0 Å². The molecular weight excluding hydrogens is 460 g/mol. The van der Waals surface area contributed by atoms with Crippen LogP contribution in [0.1, 0.15) is 51.7 Å². The fourth-order valence-electron chi connectivity index (χ4n) is 3.57. The Morgan fingerprint density at radius 3 is 1.89 bits per heavy atom. The van der Waals surface area contributed by atoms with Gasteiger partial charge in [-0.3, -0.25) is 9.59 Å². The lowest BCUT2D eigenvalue weighted by atomic mass is 9.99. The van der Waals surface area contributed by atoms with E-state index in [1.807, 2.05) is 88.4 Å². The maximum Gasteiger partial charge on any atom is 0.408 e. The van der Waals surface area contributed by atoms with Crippen molar-refractivity contribution in [2.24, 2.45) is 11.8 Å². The first-order valence-corrected chi connectivity index (χ1v) is 13.3. The first-order valence-electron chi connectivity index (χ1n) is 12.2. The molecule has 2 atom stereocenters. The second kappa shape index (κ2) is 15.2. The van der Waals surface area contributed by atoms with E-state index in [0.29, 0.717) is 18.6 Å². The predicted octanol–water partition coefficient (Wildman–Crippen LogP) is 5.36. The molecule has 2 amide bonds. The van der Waals surface area contributed by atoms with Crippen LogP contribution in [0, 0.1) is 11.8 Å². The Labute approximate surface area is 213 Å². The van der Waals surface area contributed by atoms with Crippen molar-refractivity contribution in [3.8, 4) is 0 Å². The molecule has 6 nitrogen and oxygen atoms in total. The molecule has 2 aromatic carbocycles. The van der Waals surface area contributed by atoms with Gasteiger partial charge in [0.05, 0.1) is 11.8 Å². The van der Waals surface area contributed by atoms with Crippen molar-refractivity contribution in [2.75, 3.05) is 5.75 Å². The Morgan fingerprint density at radius 1 is 0.771 bits per heavy atom. The van der Waals surface area contributed by atoms with Crippen molar-refractivity contribution in [1.82, 2.24) is 10.6 Å². The number of carbonyl (C=O) groups excluding carboxylic acids is 3. The van der Waals surface area contributed by atoms with Crippen molar-refractivity contribution in [3.63, 3.8) is 0 Å². The number of nitrogens with one attached hydrogen (secondary N) is 2. The Balaban J connectivity index is 1.95. The van der Waals surface area contributed by atoms with Crippen LogP contribution in [-0.4, -0.2) is 35.6 Å². The maximum absolute atomic E-state index is 13.1. The van der Waals surface area contributed by atoms with Crippen molar-refractivity contribution in [2.45, 2.75) is 65.0 Å². The summed E-state index contributed by atoms with van der Waals surface area (Å²) >= 11 is 1.54. The van der Waals surface area contributed by atoms with Crippen LogP contribution in [0.25, 0.3) is 0 Å². The molecule has 2 N–H and O–H groups in total. The van der Waals surface area contributed by atoms with Gasteiger partial charge in [0.2, 0.25) is 5.91 Å². The monoisotopic (exact) mass is 498 g/mol. The number of amides is 2. The number of hydrogen-bond acceptors (Lipinski definition) is 5. The third-order valence-electron chi connectivity index (χ3n) is 5.30. The normalized spacial score (nSPS) is 12.7. The third kappa shape index (κ3) is 11.5. The fraction of sp³-hybridized carbons (Fsp3) is 0.464. The molecule has 0 fully saturated rings. The van der Waals surface area contributed by atoms with E-state index >= 15 is 0 Å². The number of benzene rings is 2. The highest BCUT2D eigenvalue weighted by Crippen LogP contribution is 2.15. The number of hydrogen-bond donors (Lipinski definition) is 2. The van der Waals surface area contributed by atoms with Gasteiger partial charge in [-0.15, -0.1) is 11.8 Å². The zero-order valence-corrected chi connectivity index (χ0v) is 22.0. The average Bonchev–Trinajstić information content (AvgIpc) is 2.82. The highest BCUT2D eigenvalue weighted by molar-refractivity contribution is 7.99. The lowest BCUT2D eigenvalue weighted by molar-refractivity contribution is -0.128. The van der Waals surface area contributed by atoms with E-state index in [-0.39, 0.29) is 30.1 Å². The highest BCUT2D eigenvalue weighted by Gasteiger charge is 2.28. The summed E-state index contributed by atoms with van der Waals surface area (Å²) in [5.74, 6) is 1.08. The van der Waals surface area contributed by atoms with Gasteiger partial charge in [0.1, 0.15) is 12.6 Å². The van der Waals surface area contributed by atoms with Crippen LogP contribution in [0.5, 0.6) is 0 Å². The zero-order valence-electron chi connectivity index (χ0n) is 21.2. The molecule has 0 spiro atoms. The van der Waals surface area contributed by atoms with Gasteiger partial charge in [-0.2, -0.15) is 0 Å². The van der Waals surface area contributed by atoms with Crippen LogP contribution < -0.4 is 10.6 Å². The SMILES string of the molecule is CC(C)C[C@H](NC(=O)[C@H](CC(C)C)NC(=O)OCc1ccccc1)C(=O)CSCc1ccccc1. The summed E-state index contributed by atoms with van der Waals surface area (Å²) in [6.07, 6.45) is 0.334. The molecule has 0 aliphatic rings. The lowest BCUT2D eigenvalue weighted by Crippen LogP contribution is -2.52. The number of thioether (sulfide) groups is 1. The highest BCUT2D eigenvalue weighted by atomic mass is 32.2. The number of ketones is 1. The van der Waals surface area contributed by atoms with Crippen LogP contribution in [0.15, 0.2) is 60.7 Å². The first-order chi connectivity index (χ1) is 16.7. The smallest absolute Gasteiger partial charge is 0.408 e. The van der Waals surface area contributed by atoms with Gasteiger partial charge in [-0.1, -0.05) is 88.4 Å². The summed E-state index contributed by atoms with van der Waals surface area (Å²) in [6.45, 7) is 8.13. The quantitative estimate of drug-likeness (QED) is 0.366. The van der Waals surface area contributed by atoms with Crippen LogP contribution in [0.4, 0.5) is 4.79 Å². The second-order valence-corrected chi connectivity index (χ2v) is 10.5. The van der Waals surface area contributed by atoms with E-state index < -0.39 is 18.2 Å². The number of rotatable bonds is 14. The van der Waals surface area contributed by atoms with Crippen LogP contribution in [-0.2, 0) is 26.7 Å². The molecule has 0 saturated heterocycles. The number of Topliss-reactive ketones (excluding diaryl/α,β-unsaturated/α-hetero) is 1. The fourth-order valence-corrected chi connectivity index (χ4v) is 4.50. The minimum atomic E-state index is -0.780. The van der Waals surface area contributed by atoms with Crippen molar-refractivity contribution in [1.29, 1.82) is 0 Å². The molecular formula is C28H38N2O4S. The molecule has 0 aliphatic carbocycles. The summed E-state index contributed by atoms with van der Waals surface area (Å²) < 4.78 is 5.30. The largest absolute Gasteiger partial charge is 0.445 e. The van der Waals surface area contributed by atoms with Crippen LogP contribution >= 0.6 is 11.8 Å². The van der Waals surface area contributed by atoms with Gasteiger partial charge < -0.3 is 15.4 Å². The topological polar surface area (TPSA) is 84.5 Å². The molecule has 7 heteroatoms. The van der Waals surface area contributed by atoms with Crippen LogP contribution in [0.3, 0.4) is 0 Å². The molecule has 35 heavy (non-hydrogen) atoms. The van der Waals surface area contributed by atoms with Crippen molar-refractivity contribution < 1.29 is 19.1 Å². The number of carbonyl (C=O) groups is 3. The minimum absolute atomic E-state index is 0.0112. The molecule has 190 valence electrons. The third-order valence-corrected chi connectivity index (χ3v) is 6.32. The predicted molar refractivity (Wildman–Crippen MR) is 142 cm³/mol. The van der Waals surface area contributed by atoms with Crippen molar-refractivity contribution in [3.05, 3.63) is 71.8 Å².